The van der Waals surface area contributed by atoms with Crippen molar-refractivity contribution in [1.82, 2.24) is 15.4 Å². The lowest BCUT2D eigenvalue weighted by Gasteiger charge is -1.96. The van der Waals surface area contributed by atoms with Gasteiger partial charge in [-0.25, -0.2) is 0 Å². The van der Waals surface area contributed by atoms with Crippen molar-refractivity contribution >= 4 is 22.6 Å². The number of nitrogens with one attached hydrogen (secondary N) is 1. The SMILES string of the molecule is Cc1n[nH]nc1-c1ccc(I)cc1. The van der Waals surface area contributed by atoms with Crippen LogP contribution in [0, 0.1) is 10.5 Å². The van der Waals surface area contributed by atoms with Gasteiger partial charge in [0, 0.05) is 9.13 Å². The Labute approximate surface area is 89.7 Å². The summed E-state index contributed by atoms with van der Waals surface area (Å²) in [5.74, 6) is 0. The molecule has 13 heavy (non-hydrogen) atoms. The van der Waals surface area contributed by atoms with Gasteiger partial charge < -0.3 is 0 Å². The Morgan fingerprint density at radius 2 is 1.85 bits per heavy atom. The van der Waals surface area contributed by atoms with Gasteiger partial charge in [0.2, 0.25) is 0 Å². The first-order valence-electron chi connectivity index (χ1n) is 3.90. The zero-order valence-electron chi connectivity index (χ0n) is 7.08. The molecule has 1 aromatic carbocycles. The van der Waals surface area contributed by atoms with E-state index < -0.39 is 0 Å². The zero-order valence-corrected chi connectivity index (χ0v) is 9.24. The number of nitrogens with zero attached hydrogens (tertiary/aromatic N) is 2. The van der Waals surface area contributed by atoms with Crippen LogP contribution in [0.1, 0.15) is 5.69 Å². The quantitative estimate of drug-likeness (QED) is 0.817. The third-order valence-electron chi connectivity index (χ3n) is 1.84. The van der Waals surface area contributed by atoms with E-state index in [1.54, 1.807) is 0 Å². The van der Waals surface area contributed by atoms with E-state index in [0.717, 1.165) is 17.0 Å². The number of aryl methyl sites for hydroxylation is 1. The molecule has 0 fully saturated rings. The molecule has 0 saturated heterocycles. The van der Waals surface area contributed by atoms with E-state index in [4.69, 9.17) is 0 Å². The largest absolute Gasteiger partial charge is 0.197 e. The molecule has 0 saturated carbocycles. The number of hydrogen-bond donors (Lipinski definition) is 1. The number of rotatable bonds is 1. The Hall–Kier alpha value is -0.910. The fourth-order valence-electron chi connectivity index (χ4n) is 1.17. The lowest BCUT2D eigenvalue weighted by molar-refractivity contribution is 0.929. The van der Waals surface area contributed by atoms with Crippen LogP contribution in [0.2, 0.25) is 0 Å². The number of halogens is 1. The molecule has 1 aromatic heterocycles. The third kappa shape index (κ3) is 1.72. The number of H-pyrrole nitrogens is 1. The van der Waals surface area contributed by atoms with Crippen molar-refractivity contribution in [2.24, 2.45) is 0 Å². The van der Waals surface area contributed by atoms with Crippen LogP contribution in [-0.4, -0.2) is 15.4 Å². The number of aromatic amines is 1. The summed E-state index contributed by atoms with van der Waals surface area (Å²) in [5.41, 5.74) is 2.96. The third-order valence-corrected chi connectivity index (χ3v) is 2.56. The minimum atomic E-state index is 0.927. The van der Waals surface area contributed by atoms with Crippen molar-refractivity contribution in [2.75, 3.05) is 0 Å². The van der Waals surface area contributed by atoms with Crippen LogP contribution in [0.15, 0.2) is 24.3 Å². The van der Waals surface area contributed by atoms with Crippen LogP contribution in [0.25, 0.3) is 11.3 Å². The Bertz CT molecular complexity index is 405. The van der Waals surface area contributed by atoms with E-state index in [2.05, 4.69) is 50.1 Å². The summed E-state index contributed by atoms with van der Waals surface area (Å²) >= 11 is 2.28. The molecule has 3 nitrogen and oxygen atoms in total. The highest BCUT2D eigenvalue weighted by Crippen LogP contribution is 2.19. The Morgan fingerprint density at radius 1 is 1.15 bits per heavy atom. The molecule has 0 unspecified atom stereocenters. The summed E-state index contributed by atoms with van der Waals surface area (Å²) in [5, 5.41) is 10.7. The summed E-state index contributed by atoms with van der Waals surface area (Å²) in [6, 6.07) is 8.22. The molecule has 1 N–H and O–H groups in total. The average Bonchev–Trinajstić information content (AvgIpc) is 2.53. The zero-order chi connectivity index (χ0) is 9.26. The second kappa shape index (κ2) is 3.45. The summed E-state index contributed by atoms with van der Waals surface area (Å²) in [4.78, 5) is 0. The first-order chi connectivity index (χ1) is 6.27. The van der Waals surface area contributed by atoms with Crippen molar-refractivity contribution in [2.45, 2.75) is 6.92 Å². The summed E-state index contributed by atoms with van der Waals surface area (Å²) in [6.07, 6.45) is 0. The predicted molar refractivity (Wildman–Crippen MR) is 59.3 cm³/mol. The Kier molecular flexibility index (Phi) is 2.30. The second-order valence-corrected chi connectivity index (χ2v) is 4.01. The fourth-order valence-corrected chi connectivity index (χ4v) is 1.52. The van der Waals surface area contributed by atoms with Crippen LogP contribution >= 0.6 is 22.6 Å². The van der Waals surface area contributed by atoms with Gasteiger partial charge in [-0.05, 0) is 41.6 Å². The van der Waals surface area contributed by atoms with Gasteiger partial charge in [-0.1, -0.05) is 12.1 Å². The molecule has 0 amide bonds. The van der Waals surface area contributed by atoms with Crippen molar-refractivity contribution in [3.63, 3.8) is 0 Å². The normalized spacial score (nSPS) is 10.3. The first kappa shape index (κ1) is 8.68. The minimum Gasteiger partial charge on any atom is -0.197 e. The van der Waals surface area contributed by atoms with E-state index in [1.807, 2.05) is 19.1 Å². The predicted octanol–water partition coefficient (Wildman–Crippen LogP) is 2.38. The maximum absolute atomic E-state index is 4.08. The van der Waals surface area contributed by atoms with Gasteiger partial charge in [0.1, 0.15) is 5.69 Å². The Balaban J connectivity index is 2.47. The number of benzene rings is 1. The lowest BCUT2D eigenvalue weighted by Crippen LogP contribution is -1.81. The highest BCUT2D eigenvalue weighted by molar-refractivity contribution is 14.1. The van der Waals surface area contributed by atoms with Crippen LogP contribution in [0.5, 0.6) is 0 Å². The summed E-state index contributed by atoms with van der Waals surface area (Å²) in [6.45, 7) is 1.94. The van der Waals surface area contributed by atoms with E-state index in [1.165, 1.54) is 3.57 Å². The standard InChI is InChI=1S/C9H8IN3/c1-6-9(12-13-11-6)7-2-4-8(10)5-3-7/h2-5H,1H3,(H,11,12,13). The van der Waals surface area contributed by atoms with Crippen molar-refractivity contribution < 1.29 is 0 Å². The number of aromatic nitrogens is 3. The maximum atomic E-state index is 4.08. The molecule has 0 radical (unpaired) electrons. The molecule has 0 spiro atoms. The van der Waals surface area contributed by atoms with E-state index in [-0.39, 0.29) is 0 Å². The lowest BCUT2D eigenvalue weighted by atomic mass is 10.1. The molecule has 0 aliphatic carbocycles. The molecular formula is C9H8IN3. The molecule has 0 aliphatic rings. The fraction of sp³-hybridized carbons (Fsp3) is 0.111. The topological polar surface area (TPSA) is 41.6 Å². The molecule has 2 rings (SSSR count). The van der Waals surface area contributed by atoms with E-state index in [9.17, 15) is 0 Å². The smallest absolute Gasteiger partial charge is 0.115 e. The van der Waals surface area contributed by atoms with Gasteiger partial charge in [0.05, 0.1) is 5.69 Å². The van der Waals surface area contributed by atoms with Crippen LogP contribution in [0.4, 0.5) is 0 Å². The molecular weight excluding hydrogens is 277 g/mol. The second-order valence-electron chi connectivity index (χ2n) is 2.76. The van der Waals surface area contributed by atoms with Gasteiger partial charge in [-0.3, -0.25) is 0 Å². The summed E-state index contributed by atoms with van der Waals surface area (Å²) in [7, 11) is 0. The maximum Gasteiger partial charge on any atom is 0.115 e. The van der Waals surface area contributed by atoms with Crippen LogP contribution in [0.3, 0.4) is 0 Å². The highest BCUT2D eigenvalue weighted by Gasteiger charge is 2.04. The summed E-state index contributed by atoms with van der Waals surface area (Å²) < 4.78 is 1.22. The van der Waals surface area contributed by atoms with Gasteiger partial charge >= 0.3 is 0 Å². The van der Waals surface area contributed by atoms with E-state index >= 15 is 0 Å². The minimum absolute atomic E-state index is 0.927. The van der Waals surface area contributed by atoms with Gasteiger partial charge in [0.25, 0.3) is 0 Å². The van der Waals surface area contributed by atoms with Gasteiger partial charge in [-0.2, -0.15) is 15.4 Å². The molecule has 66 valence electrons. The highest BCUT2D eigenvalue weighted by atomic mass is 127. The molecule has 0 bridgehead atoms. The van der Waals surface area contributed by atoms with Crippen LogP contribution < -0.4 is 0 Å². The first-order valence-corrected chi connectivity index (χ1v) is 4.98. The molecule has 2 aromatic rings. The molecule has 1 heterocycles. The average molecular weight is 285 g/mol. The molecule has 0 aliphatic heterocycles. The van der Waals surface area contributed by atoms with Gasteiger partial charge in [-0.15, -0.1) is 0 Å². The number of hydrogen-bond acceptors (Lipinski definition) is 2. The monoisotopic (exact) mass is 285 g/mol. The van der Waals surface area contributed by atoms with Crippen molar-refractivity contribution in [3.8, 4) is 11.3 Å². The van der Waals surface area contributed by atoms with Crippen LogP contribution in [-0.2, 0) is 0 Å². The molecule has 0 atom stereocenters. The van der Waals surface area contributed by atoms with Crippen molar-refractivity contribution in [1.29, 1.82) is 0 Å². The molecule has 4 heteroatoms. The van der Waals surface area contributed by atoms with Gasteiger partial charge in [0.15, 0.2) is 0 Å². The van der Waals surface area contributed by atoms with Crippen molar-refractivity contribution in [3.05, 3.63) is 33.5 Å². The van der Waals surface area contributed by atoms with E-state index in [0.29, 0.717) is 0 Å². The Morgan fingerprint density at radius 3 is 2.38 bits per heavy atom.